The molecule has 68 heavy (non-hydrogen) atoms. The molecule has 0 N–H and O–H groups in total. The van der Waals surface area contributed by atoms with Crippen LogP contribution in [-0.2, 0) is 28.6 Å². The first kappa shape index (κ1) is 65.9. The molecule has 0 saturated heterocycles. The van der Waals surface area contributed by atoms with E-state index in [4.69, 9.17) is 14.2 Å². The van der Waals surface area contributed by atoms with E-state index in [9.17, 15) is 14.4 Å². The number of hydrogen-bond donors (Lipinski definition) is 0. The van der Waals surface area contributed by atoms with Crippen molar-refractivity contribution in [3.8, 4) is 0 Å². The van der Waals surface area contributed by atoms with E-state index in [0.29, 0.717) is 19.3 Å². The van der Waals surface area contributed by atoms with Gasteiger partial charge in [-0.15, -0.1) is 0 Å². The van der Waals surface area contributed by atoms with Crippen LogP contribution < -0.4 is 0 Å². The fraction of sp³-hybridized carbons (Fsp3) is 0.887. The summed E-state index contributed by atoms with van der Waals surface area (Å²) in [5, 5.41) is 0. The Kier molecular flexibility index (Phi) is 55.7. The van der Waals surface area contributed by atoms with Crippen molar-refractivity contribution in [1.29, 1.82) is 0 Å². The van der Waals surface area contributed by atoms with Gasteiger partial charge in [-0.05, 0) is 44.9 Å². The first-order chi connectivity index (χ1) is 33.5. The van der Waals surface area contributed by atoms with Gasteiger partial charge in [-0.3, -0.25) is 14.4 Å². The summed E-state index contributed by atoms with van der Waals surface area (Å²) in [6, 6.07) is 0. The zero-order valence-electron chi connectivity index (χ0n) is 45.9. The Morgan fingerprint density at radius 3 is 0.809 bits per heavy atom. The van der Waals surface area contributed by atoms with Crippen molar-refractivity contribution in [3.05, 3.63) is 24.3 Å². The van der Waals surface area contributed by atoms with Crippen molar-refractivity contribution in [2.75, 3.05) is 13.2 Å². The Labute approximate surface area is 423 Å². The van der Waals surface area contributed by atoms with Crippen LogP contribution in [0.5, 0.6) is 0 Å². The van der Waals surface area contributed by atoms with Crippen molar-refractivity contribution >= 4 is 17.9 Å². The molecule has 0 aliphatic heterocycles. The first-order valence-corrected chi connectivity index (χ1v) is 30.4. The van der Waals surface area contributed by atoms with Gasteiger partial charge in [0, 0.05) is 19.3 Å². The molecular formula is C62H116O6. The summed E-state index contributed by atoms with van der Waals surface area (Å²) in [6.07, 6.45) is 67.4. The van der Waals surface area contributed by atoms with Gasteiger partial charge in [-0.1, -0.05) is 295 Å². The molecule has 0 fully saturated rings. The second-order valence-electron chi connectivity index (χ2n) is 20.7. The molecule has 0 aliphatic rings. The van der Waals surface area contributed by atoms with Gasteiger partial charge in [0.05, 0.1) is 0 Å². The molecule has 0 spiro atoms. The summed E-state index contributed by atoms with van der Waals surface area (Å²) in [5.74, 6) is -0.856. The van der Waals surface area contributed by atoms with Crippen LogP contribution in [0.4, 0.5) is 0 Å². The van der Waals surface area contributed by atoms with Gasteiger partial charge < -0.3 is 14.2 Å². The van der Waals surface area contributed by atoms with E-state index in [0.717, 1.165) is 64.2 Å². The maximum atomic E-state index is 12.9. The molecule has 0 aromatic heterocycles. The lowest BCUT2D eigenvalue weighted by molar-refractivity contribution is -0.167. The average Bonchev–Trinajstić information content (AvgIpc) is 3.34. The minimum Gasteiger partial charge on any atom is -0.462 e. The highest BCUT2D eigenvalue weighted by Crippen LogP contribution is 2.18. The van der Waals surface area contributed by atoms with Gasteiger partial charge in [-0.25, -0.2) is 0 Å². The summed E-state index contributed by atoms with van der Waals surface area (Å²) in [7, 11) is 0. The van der Waals surface area contributed by atoms with Crippen LogP contribution in [0.3, 0.4) is 0 Å². The predicted octanol–water partition coefficient (Wildman–Crippen LogP) is 20.3. The molecule has 0 aromatic rings. The Morgan fingerprint density at radius 1 is 0.294 bits per heavy atom. The van der Waals surface area contributed by atoms with Gasteiger partial charge in [0.25, 0.3) is 0 Å². The molecule has 0 aromatic carbocycles. The van der Waals surface area contributed by atoms with E-state index >= 15 is 0 Å². The van der Waals surface area contributed by atoms with Crippen LogP contribution in [-0.4, -0.2) is 37.2 Å². The van der Waals surface area contributed by atoms with Crippen LogP contribution in [0, 0.1) is 0 Å². The number of esters is 3. The summed E-state index contributed by atoms with van der Waals surface area (Å²) in [4.78, 5) is 38.2. The molecule has 1 unspecified atom stereocenters. The highest BCUT2D eigenvalue weighted by atomic mass is 16.6. The highest BCUT2D eigenvalue weighted by Gasteiger charge is 2.19. The van der Waals surface area contributed by atoms with Crippen LogP contribution in [0.2, 0.25) is 0 Å². The molecule has 0 radical (unpaired) electrons. The number of carbonyl (C=O) groups excluding carboxylic acids is 3. The van der Waals surface area contributed by atoms with Gasteiger partial charge >= 0.3 is 17.9 Å². The third kappa shape index (κ3) is 54.8. The zero-order valence-corrected chi connectivity index (χ0v) is 45.9. The Morgan fingerprint density at radius 2 is 0.515 bits per heavy atom. The van der Waals surface area contributed by atoms with Crippen molar-refractivity contribution in [3.63, 3.8) is 0 Å². The van der Waals surface area contributed by atoms with Crippen molar-refractivity contribution in [2.24, 2.45) is 0 Å². The molecule has 0 bridgehead atoms. The molecular weight excluding hydrogens is 841 g/mol. The zero-order chi connectivity index (χ0) is 49.3. The number of hydrogen-bond acceptors (Lipinski definition) is 6. The number of ether oxygens (including phenoxy) is 3. The third-order valence-electron chi connectivity index (χ3n) is 13.7. The second kappa shape index (κ2) is 57.5. The SMILES string of the molecule is CCCCC/C=C\C=C/CCCCCCCCC(=O)OCC(COC(=O)CCCCCCCCCCCCCCCCCCCC)OC(=O)CCCCCCCCCCCCCCCCCCC. The van der Waals surface area contributed by atoms with E-state index in [1.54, 1.807) is 0 Å². The quantitative estimate of drug-likeness (QED) is 0.0262. The van der Waals surface area contributed by atoms with Crippen LogP contribution >= 0.6 is 0 Å². The molecule has 0 saturated carbocycles. The van der Waals surface area contributed by atoms with E-state index in [-0.39, 0.29) is 31.1 Å². The number of unbranched alkanes of at least 4 members (excludes halogenated alkanes) is 42. The van der Waals surface area contributed by atoms with Crippen molar-refractivity contribution < 1.29 is 28.6 Å². The molecule has 1 atom stereocenters. The van der Waals surface area contributed by atoms with Crippen molar-refractivity contribution in [2.45, 2.75) is 341 Å². The Bertz CT molecular complexity index is 1100. The molecule has 6 nitrogen and oxygen atoms in total. The minimum absolute atomic E-state index is 0.0691. The van der Waals surface area contributed by atoms with Crippen LogP contribution in [0.15, 0.2) is 24.3 Å². The topological polar surface area (TPSA) is 78.9 Å². The smallest absolute Gasteiger partial charge is 0.306 e. The fourth-order valence-corrected chi connectivity index (χ4v) is 9.14. The summed E-state index contributed by atoms with van der Waals surface area (Å²) >= 11 is 0. The van der Waals surface area contributed by atoms with E-state index in [1.807, 2.05) is 0 Å². The van der Waals surface area contributed by atoms with Gasteiger partial charge in [-0.2, -0.15) is 0 Å². The number of carbonyl (C=O) groups is 3. The minimum atomic E-state index is -0.771. The molecule has 0 heterocycles. The van der Waals surface area contributed by atoms with E-state index in [1.165, 1.54) is 231 Å². The van der Waals surface area contributed by atoms with Crippen LogP contribution in [0.1, 0.15) is 335 Å². The third-order valence-corrected chi connectivity index (χ3v) is 13.7. The first-order valence-electron chi connectivity index (χ1n) is 30.4. The monoisotopic (exact) mass is 957 g/mol. The standard InChI is InChI=1S/C62H116O6/c1-4-7-10-13-16-19-22-25-28-30-32-34-37-40-43-46-49-52-55-61(64)67-58-59(57-66-60(63)54-51-48-45-42-39-36-33-27-24-21-18-15-12-9-6-3)68-62(65)56-53-50-47-44-41-38-35-31-29-26-23-20-17-14-11-8-5-2/h18,21,24,27,59H,4-17,19-20,22-23,25-26,28-58H2,1-3H3/b21-18-,27-24-. The average molecular weight is 958 g/mol. The second-order valence-corrected chi connectivity index (χ2v) is 20.7. The number of rotatable bonds is 56. The lowest BCUT2D eigenvalue weighted by Crippen LogP contribution is -2.30. The summed E-state index contributed by atoms with van der Waals surface area (Å²) < 4.78 is 16.9. The van der Waals surface area contributed by atoms with E-state index < -0.39 is 6.10 Å². The lowest BCUT2D eigenvalue weighted by atomic mass is 10.0. The number of allylic oxidation sites excluding steroid dienone is 4. The molecule has 400 valence electrons. The predicted molar refractivity (Wildman–Crippen MR) is 293 cm³/mol. The lowest BCUT2D eigenvalue weighted by Gasteiger charge is -2.18. The summed E-state index contributed by atoms with van der Waals surface area (Å²) in [5.41, 5.74) is 0. The maximum Gasteiger partial charge on any atom is 0.306 e. The highest BCUT2D eigenvalue weighted by molar-refractivity contribution is 5.71. The van der Waals surface area contributed by atoms with Gasteiger partial charge in [0.2, 0.25) is 0 Å². The van der Waals surface area contributed by atoms with Crippen molar-refractivity contribution in [1.82, 2.24) is 0 Å². The van der Waals surface area contributed by atoms with Crippen LogP contribution in [0.25, 0.3) is 0 Å². The van der Waals surface area contributed by atoms with E-state index in [2.05, 4.69) is 45.1 Å². The molecule has 0 rings (SSSR count). The van der Waals surface area contributed by atoms with Gasteiger partial charge in [0.15, 0.2) is 6.10 Å². The maximum absolute atomic E-state index is 12.9. The molecule has 6 heteroatoms. The fourth-order valence-electron chi connectivity index (χ4n) is 9.14. The largest absolute Gasteiger partial charge is 0.462 e. The normalized spacial score (nSPS) is 12.1. The van der Waals surface area contributed by atoms with Gasteiger partial charge in [0.1, 0.15) is 13.2 Å². The Hall–Kier alpha value is -2.11. The molecule has 0 amide bonds. The summed E-state index contributed by atoms with van der Waals surface area (Å²) in [6.45, 7) is 6.66. The molecule has 0 aliphatic carbocycles. The Balaban J connectivity index is 4.32.